The molecule has 0 amide bonds. The first kappa shape index (κ1) is 12.2. The molecule has 4 nitrogen and oxygen atoms in total. The molecule has 0 aliphatic heterocycles. The first-order chi connectivity index (χ1) is 8.65. The number of rotatable bonds is 3. The number of hydrogen-bond donors (Lipinski definition) is 1. The lowest BCUT2D eigenvalue weighted by molar-refractivity contribution is 0.404. The van der Waals surface area contributed by atoms with Gasteiger partial charge in [-0.25, -0.2) is 0 Å². The third kappa shape index (κ3) is 2.22. The zero-order valence-corrected chi connectivity index (χ0v) is 10.7. The topological polar surface area (TPSA) is 57.4 Å². The highest BCUT2D eigenvalue weighted by atomic mass is 16.5. The summed E-state index contributed by atoms with van der Waals surface area (Å²) in [6, 6.07) is 7.52. The Balaban J connectivity index is 2.60. The molecule has 4 heteroatoms. The summed E-state index contributed by atoms with van der Waals surface area (Å²) >= 11 is 0. The largest absolute Gasteiger partial charge is 0.497 e. The fourth-order valence-corrected chi connectivity index (χ4v) is 1.88. The summed E-state index contributed by atoms with van der Waals surface area (Å²) in [6.07, 6.45) is 1.64. The van der Waals surface area contributed by atoms with E-state index in [1.165, 1.54) is 0 Å². The van der Waals surface area contributed by atoms with Gasteiger partial charge in [0.25, 0.3) is 0 Å². The molecule has 2 aromatic rings. The Morgan fingerprint density at radius 3 is 2.50 bits per heavy atom. The van der Waals surface area contributed by atoms with Gasteiger partial charge in [0.2, 0.25) is 0 Å². The van der Waals surface area contributed by atoms with E-state index in [-0.39, 0.29) is 0 Å². The Bertz CT molecular complexity index is 568. The highest BCUT2D eigenvalue weighted by molar-refractivity contribution is 5.72. The SMILES string of the molecule is COc1ccc(OC)c(-c2ncc(N)cc2C)c1. The molecular weight excluding hydrogens is 228 g/mol. The molecule has 18 heavy (non-hydrogen) atoms. The Morgan fingerprint density at radius 1 is 1.11 bits per heavy atom. The Labute approximate surface area is 106 Å². The van der Waals surface area contributed by atoms with Crippen molar-refractivity contribution in [2.75, 3.05) is 20.0 Å². The maximum absolute atomic E-state index is 5.71. The number of pyridine rings is 1. The van der Waals surface area contributed by atoms with E-state index in [2.05, 4.69) is 4.98 Å². The molecule has 0 spiro atoms. The van der Waals surface area contributed by atoms with Crippen molar-refractivity contribution in [2.24, 2.45) is 0 Å². The first-order valence-corrected chi connectivity index (χ1v) is 5.60. The summed E-state index contributed by atoms with van der Waals surface area (Å²) in [6.45, 7) is 1.97. The maximum Gasteiger partial charge on any atom is 0.128 e. The molecule has 0 saturated heterocycles. The molecule has 1 aromatic heterocycles. The Morgan fingerprint density at radius 2 is 1.89 bits per heavy atom. The smallest absolute Gasteiger partial charge is 0.128 e. The molecule has 0 saturated carbocycles. The van der Waals surface area contributed by atoms with Crippen molar-refractivity contribution in [1.29, 1.82) is 0 Å². The van der Waals surface area contributed by atoms with Crippen molar-refractivity contribution in [3.63, 3.8) is 0 Å². The van der Waals surface area contributed by atoms with Gasteiger partial charge in [-0.15, -0.1) is 0 Å². The zero-order valence-electron chi connectivity index (χ0n) is 10.7. The second kappa shape index (κ2) is 4.96. The summed E-state index contributed by atoms with van der Waals surface area (Å²) < 4.78 is 10.6. The first-order valence-electron chi connectivity index (χ1n) is 5.60. The molecule has 94 valence electrons. The average molecular weight is 244 g/mol. The number of ether oxygens (including phenoxy) is 2. The number of benzene rings is 1. The van der Waals surface area contributed by atoms with Gasteiger partial charge >= 0.3 is 0 Å². The summed E-state index contributed by atoms with van der Waals surface area (Å²) in [5, 5.41) is 0. The molecule has 0 bridgehead atoms. The third-order valence-electron chi connectivity index (χ3n) is 2.76. The van der Waals surface area contributed by atoms with E-state index >= 15 is 0 Å². The van der Waals surface area contributed by atoms with E-state index in [0.29, 0.717) is 5.69 Å². The van der Waals surface area contributed by atoms with Gasteiger partial charge < -0.3 is 15.2 Å². The summed E-state index contributed by atoms with van der Waals surface area (Å²) in [5.74, 6) is 1.53. The number of nitrogens with two attached hydrogens (primary N) is 1. The number of hydrogen-bond acceptors (Lipinski definition) is 4. The van der Waals surface area contributed by atoms with E-state index in [0.717, 1.165) is 28.3 Å². The summed E-state index contributed by atoms with van der Waals surface area (Å²) in [5.41, 5.74) is 9.11. The third-order valence-corrected chi connectivity index (χ3v) is 2.76. The minimum Gasteiger partial charge on any atom is -0.497 e. The van der Waals surface area contributed by atoms with Gasteiger partial charge in [-0.3, -0.25) is 4.98 Å². The molecule has 0 radical (unpaired) electrons. The monoisotopic (exact) mass is 244 g/mol. The van der Waals surface area contributed by atoms with Crippen LogP contribution < -0.4 is 15.2 Å². The highest BCUT2D eigenvalue weighted by Gasteiger charge is 2.11. The minimum atomic E-state index is 0.651. The molecular formula is C14H16N2O2. The van der Waals surface area contributed by atoms with E-state index in [4.69, 9.17) is 15.2 Å². The lowest BCUT2D eigenvalue weighted by Crippen LogP contribution is -1.96. The minimum absolute atomic E-state index is 0.651. The predicted octanol–water partition coefficient (Wildman–Crippen LogP) is 2.66. The van der Waals surface area contributed by atoms with E-state index in [9.17, 15) is 0 Å². The van der Waals surface area contributed by atoms with E-state index in [1.807, 2.05) is 31.2 Å². The normalized spacial score (nSPS) is 10.2. The molecule has 0 aliphatic rings. The second-order valence-electron chi connectivity index (χ2n) is 4.00. The van der Waals surface area contributed by atoms with Crippen LogP contribution in [0, 0.1) is 6.92 Å². The van der Waals surface area contributed by atoms with Gasteiger partial charge in [-0.1, -0.05) is 0 Å². The van der Waals surface area contributed by atoms with Gasteiger partial charge in [0.15, 0.2) is 0 Å². The predicted molar refractivity (Wildman–Crippen MR) is 71.9 cm³/mol. The van der Waals surface area contributed by atoms with Crippen molar-refractivity contribution in [2.45, 2.75) is 6.92 Å². The Hall–Kier alpha value is -2.23. The van der Waals surface area contributed by atoms with Gasteiger partial charge in [-0.05, 0) is 36.8 Å². The van der Waals surface area contributed by atoms with E-state index in [1.54, 1.807) is 20.4 Å². The van der Waals surface area contributed by atoms with Crippen molar-refractivity contribution in [3.05, 3.63) is 36.0 Å². The van der Waals surface area contributed by atoms with Crippen molar-refractivity contribution < 1.29 is 9.47 Å². The van der Waals surface area contributed by atoms with Gasteiger partial charge in [0, 0.05) is 5.56 Å². The molecule has 0 unspecified atom stereocenters. The molecule has 1 heterocycles. The Kier molecular flexibility index (Phi) is 3.37. The van der Waals surface area contributed by atoms with Crippen LogP contribution in [0.1, 0.15) is 5.56 Å². The molecule has 0 aliphatic carbocycles. The number of methoxy groups -OCH3 is 2. The number of aryl methyl sites for hydroxylation is 1. The zero-order chi connectivity index (χ0) is 13.1. The molecule has 1 aromatic carbocycles. The fraction of sp³-hybridized carbons (Fsp3) is 0.214. The van der Waals surface area contributed by atoms with E-state index < -0.39 is 0 Å². The van der Waals surface area contributed by atoms with Crippen LogP contribution in [0.25, 0.3) is 11.3 Å². The fourth-order valence-electron chi connectivity index (χ4n) is 1.88. The van der Waals surface area contributed by atoms with Crippen LogP contribution in [-0.4, -0.2) is 19.2 Å². The van der Waals surface area contributed by atoms with Gasteiger partial charge in [-0.2, -0.15) is 0 Å². The molecule has 0 fully saturated rings. The lowest BCUT2D eigenvalue weighted by atomic mass is 10.0. The van der Waals surface area contributed by atoms with Crippen LogP contribution in [-0.2, 0) is 0 Å². The summed E-state index contributed by atoms with van der Waals surface area (Å²) in [7, 11) is 3.27. The van der Waals surface area contributed by atoms with Crippen LogP contribution in [0.2, 0.25) is 0 Å². The van der Waals surface area contributed by atoms with Crippen molar-refractivity contribution in [1.82, 2.24) is 4.98 Å². The average Bonchev–Trinajstić information content (AvgIpc) is 2.38. The molecule has 2 rings (SSSR count). The lowest BCUT2D eigenvalue weighted by Gasteiger charge is -2.12. The van der Waals surface area contributed by atoms with Gasteiger partial charge in [0.1, 0.15) is 11.5 Å². The van der Waals surface area contributed by atoms with Crippen LogP contribution in [0.4, 0.5) is 5.69 Å². The highest BCUT2D eigenvalue weighted by Crippen LogP contribution is 2.34. The standard InChI is InChI=1S/C14H16N2O2/c1-9-6-10(15)8-16-14(9)12-7-11(17-2)4-5-13(12)18-3/h4-8H,15H2,1-3H3. The van der Waals surface area contributed by atoms with Crippen LogP contribution in [0.15, 0.2) is 30.5 Å². The number of nitrogens with zero attached hydrogens (tertiary/aromatic N) is 1. The van der Waals surface area contributed by atoms with Gasteiger partial charge in [0.05, 0.1) is 31.8 Å². The van der Waals surface area contributed by atoms with Crippen molar-refractivity contribution >= 4 is 5.69 Å². The molecule has 2 N–H and O–H groups in total. The van der Waals surface area contributed by atoms with Crippen LogP contribution >= 0.6 is 0 Å². The second-order valence-corrected chi connectivity index (χ2v) is 4.00. The summed E-state index contributed by atoms with van der Waals surface area (Å²) in [4.78, 5) is 4.37. The number of aromatic nitrogens is 1. The maximum atomic E-state index is 5.71. The molecule has 0 atom stereocenters. The quantitative estimate of drug-likeness (QED) is 0.901. The van der Waals surface area contributed by atoms with Crippen LogP contribution in [0.3, 0.4) is 0 Å². The number of anilines is 1. The van der Waals surface area contributed by atoms with Crippen LogP contribution in [0.5, 0.6) is 11.5 Å². The number of nitrogen functional groups attached to an aromatic ring is 1. The van der Waals surface area contributed by atoms with Crippen molar-refractivity contribution in [3.8, 4) is 22.8 Å².